The number of halogens is 2. The van der Waals surface area contributed by atoms with Crippen LogP contribution in [0.2, 0.25) is 0 Å². The number of carbonyl (C=O) groups is 1. The normalized spacial score (nSPS) is 20.5. The van der Waals surface area contributed by atoms with Gasteiger partial charge in [0.15, 0.2) is 0 Å². The van der Waals surface area contributed by atoms with Gasteiger partial charge in [0.05, 0.1) is 5.56 Å². The number of alkyl halides is 2. The van der Waals surface area contributed by atoms with E-state index in [9.17, 15) is 13.6 Å². The second kappa shape index (κ2) is 8.26. The monoisotopic (exact) mass is 425 g/mol. The summed E-state index contributed by atoms with van der Waals surface area (Å²) in [4.78, 5) is 18.9. The maximum atomic E-state index is 12.9. The largest absolute Gasteiger partial charge is 0.368 e. The van der Waals surface area contributed by atoms with E-state index in [-0.39, 0.29) is 11.6 Å². The van der Waals surface area contributed by atoms with Crippen LogP contribution in [0.3, 0.4) is 0 Å². The van der Waals surface area contributed by atoms with Gasteiger partial charge in [0, 0.05) is 55.2 Å². The lowest BCUT2D eigenvalue weighted by molar-refractivity contribution is 0.0746. The molecule has 2 bridgehead atoms. The lowest BCUT2D eigenvalue weighted by Crippen LogP contribution is -2.51. The highest BCUT2D eigenvalue weighted by atomic mass is 19.3. The fourth-order valence-corrected chi connectivity index (χ4v) is 4.63. The van der Waals surface area contributed by atoms with Crippen LogP contribution in [-0.2, 0) is 6.42 Å². The maximum absolute atomic E-state index is 12.9. The molecule has 0 radical (unpaired) electrons. The van der Waals surface area contributed by atoms with Crippen LogP contribution < -0.4 is 15.5 Å². The predicted octanol–water partition coefficient (Wildman–Crippen LogP) is 3.34. The molecular weight excluding hydrogens is 400 g/mol. The molecule has 1 aromatic carbocycles. The van der Waals surface area contributed by atoms with Gasteiger partial charge in [-0.3, -0.25) is 9.36 Å². The third-order valence-electron chi connectivity index (χ3n) is 6.24. The van der Waals surface area contributed by atoms with Crippen molar-refractivity contribution < 1.29 is 13.6 Å². The number of benzene rings is 1. The van der Waals surface area contributed by atoms with Crippen molar-refractivity contribution >= 4 is 22.6 Å². The van der Waals surface area contributed by atoms with Crippen LogP contribution in [0.15, 0.2) is 48.8 Å². The van der Waals surface area contributed by atoms with Crippen molar-refractivity contribution in [2.45, 2.75) is 37.9 Å². The molecule has 0 saturated carbocycles. The van der Waals surface area contributed by atoms with Gasteiger partial charge in [-0.25, -0.2) is 4.98 Å². The number of pyridine rings is 1. The Kier molecular flexibility index (Phi) is 5.31. The van der Waals surface area contributed by atoms with Crippen molar-refractivity contribution in [3.63, 3.8) is 0 Å². The molecule has 1 amide bonds. The minimum absolute atomic E-state index is 0.170. The summed E-state index contributed by atoms with van der Waals surface area (Å²) in [6.07, 6.45) is 5.86. The number of nitrogens with zero attached hydrogens (tertiary/aromatic N) is 3. The number of fused-ring (bicyclic) bond motifs is 3. The summed E-state index contributed by atoms with van der Waals surface area (Å²) in [6.45, 7) is -0.0417. The molecule has 2 fully saturated rings. The van der Waals surface area contributed by atoms with Crippen LogP contribution in [-0.4, -0.2) is 47.2 Å². The Morgan fingerprint density at radius 1 is 1.16 bits per heavy atom. The van der Waals surface area contributed by atoms with Crippen molar-refractivity contribution in [2.24, 2.45) is 0 Å². The number of hydrogen-bond donors (Lipinski definition) is 2. The smallest absolute Gasteiger partial charge is 0.320 e. The number of nitrogens with one attached hydrogen (secondary N) is 2. The predicted molar refractivity (Wildman–Crippen MR) is 116 cm³/mol. The Morgan fingerprint density at radius 3 is 2.61 bits per heavy atom. The van der Waals surface area contributed by atoms with E-state index in [0.717, 1.165) is 29.6 Å². The zero-order valence-electron chi connectivity index (χ0n) is 17.1. The summed E-state index contributed by atoms with van der Waals surface area (Å²) in [5.41, 5.74) is 2.94. The Morgan fingerprint density at radius 2 is 1.90 bits per heavy atom. The van der Waals surface area contributed by atoms with Crippen molar-refractivity contribution in [3.05, 3.63) is 59.9 Å². The van der Waals surface area contributed by atoms with Gasteiger partial charge in [-0.15, -0.1) is 0 Å². The van der Waals surface area contributed by atoms with E-state index in [1.54, 1.807) is 6.07 Å². The first-order valence-corrected chi connectivity index (χ1v) is 10.7. The Labute approximate surface area is 179 Å². The van der Waals surface area contributed by atoms with Gasteiger partial charge in [-0.2, -0.15) is 8.78 Å². The van der Waals surface area contributed by atoms with Gasteiger partial charge in [0.25, 0.3) is 5.91 Å². The number of aromatic nitrogens is 2. The summed E-state index contributed by atoms with van der Waals surface area (Å²) in [6, 6.07) is 12.9. The molecule has 2 N–H and O–H groups in total. The fraction of sp³-hybridized carbons (Fsp3) is 0.391. The summed E-state index contributed by atoms with van der Waals surface area (Å²) in [5, 5.41) is 7.05. The van der Waals surface area contributed by atoms with Crippen LogP contribution in [0.25, 0.3) is 11.0 Å². The first kappa shape index (κ1) is 19.9. The van der Waals surface area contributed by atoms with E-state index in [4.69, 9.17) is 0 Å². The highest BCUT2D eigenvalue weighted by Gasteiger charge is 2.32. The molecule has 6 nitrogen and oxygen atoms in total. The molecule has 3 aromatic rings. The van der Waals surface area contributed by atoms with Crippen LogP contribution in [0, 0.1) is 0 Å². The first-order chi connectivity index (χ1) is 15.1. The van der Waals surface area contributed by atoms with Gasteiger partial charge in [0.2, 0.25) is 0 Å². The summed E-state index contributed by atoms with van der Waals surface area (Å²) in [7, 11) is 0. The van der Waals surface area contributed by atoms with Gasteiger partial charge in [-0.05, 0) is 49.1 Å². The molecule has 5 rings (SSSR count). The Hall–Kier alpha value is -3.00. The molecule has 2 saturated heterocycles. The van der Waals surface area contributed by atoms with Crippen molar-refractivity contribution in [1.29, 1.82) is 0 Å². The molecule has 0 spiro atoms. The number of piperazine rings is 1. The second-order valence-electron chi connectivity index (χ2n) is 8.35. The van der Waals surface area contributed by atoms with E-state index >= 15 is 0 Å². The Balaban J connectivity index is 1.15. The third kappa shape index (κ3) is 4.12. The quantitative estimate of drug-likeness (QED) is 0.636. The topological polar surface area (TPSA) is 62.2 Å². The second-order valence-corrected chi connectivity index (χ2v) is 8.35. The zero-order valence-corrected chi connectivity index (χ0v) is 17.1. The molecule has 162 valence electrons. The van der Waals surface area contributed by atoms with Gasteiger partial charge >= 0.3 is 6.55 Å². The molecule has 31 heavy (non-hydrogen) atoms. The van der Waals surface area contributed by atoms with E-state index in [0.29, 0.717) is 29.6 Å². The number of carbonyl (C=O) groups excluding carboxylic acids is 1. The lowest BCUT2D eigenvalue weighted by Gasteiger charge is -2.34. The van der Waals surface area contributed by atoms with Crippen molar-refractivity contribution in [3.8, 4) is 0 Å². The number of amides is 1. The van der Waals surface area contributed by atoms with Crippen LogP contribution in [0.4, 0.5) is 14.5 Å². The third-order valence-corrected chi connectivity index (χ3v) is 6.24. The number of rotatable bonds is 6. The molecule has 2 atom stereocenters. The van der Waals surface area contributed by atoms with Crippen molar-refractivity contribution in [1.82, 2.24) is 20.2 Å². The first-order valence-electron chi connectivity index (χ1n) is 10.7. The molecule has 2 aliphatic heterocycles. The number of anilines is 1. The van der Waals surface area contributed by atoms with Crippen molar-refractivity contribution in [2.75, 3.05) is 24.5 Å². The highest BCUT2D eigenvalue weighted by Crippen LogP contribution is 2.25. The van der Waals surface area contributed by atoms with Gasteiger partial charge < -0.3 is 15.5 Å². The standard InChI is InChI=1S/C23H25F2N5O/c24-23(25)30-10-8-16-11-17(12-27-21(16)30)22(31)26-9-7-15-1-5-20(6-2-15)29-13-18-3-4-19(14-29)28-18/h1-2,5-6,8,10-12,18-19,23,28H,3-4,7,9,13-14H2,(H,26,31)/t18-,19+. The number of hydrogen-bond acceptors (Lipinski definition) is 4. The SMILES string of the molecule is O=C(NCCc1ccc(N2C[C@H]3CC[C@@H](C2)N3)cc1)c1cnc2c(ccn2C(F)F)c1. The molecule has 4 heterocycles. The van der Waals surface area contributed by atoms with Gasteiger partial charge in [-0.1, -0.05) is 12.1 Å². The van der Waals surface area contributed by atoms with Crippen LogP contribution in [0.1, 0.15) is 35.3 Å². The molecule has 0 aliphatic carbocycles. The maximum Gasteiger partial charge on any atom is 0.320 e. The van der Waals surface area contributed by atoms with E-state index in [1.165, 1.54) is 37.0 Å². The van der Waals surface area contributed by atoms with E-state index < -0.39 is 6.55 Å². The fourth-order valence-electron chi connectivity index (χ4n) is 4.63. The van der Waals surface area contributed by atoms with Crippen LogP contribution in [0.5, 0.6) is 0 Å². The van der Waals surface area contributed by atoms with E-state index in [2.05, 4.69) is 44.8 Å². The molecule has 2 aliphatic rings. The summed E-state index contributed by atoms with van der Waals surface area (Å²) < 4.78 is 26.6. The molecule has 2 aromatic heterocycles. The molecule has 0 unspecified atom stereocenters. The minimum atomic E-state index is -2.65. The van der Waals surface area contributed by atoms with E-state index in [1.807, 2.05) is 0 Å². The minimum Gasteiger partial charge on any atom is -0.368 e. The average Bonchev–Trinajstić information content (AvgIpc) is 3.36. The lowest BCUT2D eigenvalue weighted by atomic mass is 10.1. The Bertz CT molecular complexity index is 1070. The highest BCUT2D eigenvalue weighted by molar-refractivity contribution is 5.97. The van der Waals surface area contributed by atoms with Gasteiger partial charge in [0.1, 0.15) is 5.65 Å². The summed E-state index contributed by atoms with van der Waals surface area (Å²) >= 11 is 0. The van der Waals surface area contributed by atoms with Crippen LogP contribution >= 0.6 is 0 Å². The average molecular weight is 425 g/mol. The zero-order chi connectivity index (χ0) is 21.4. The molecular formula is C23H25F2N5O. The molecule has 8 heteroatoms. The summed E-state index contributed by atoms with van der Waals surface area (Å²) in [5.74, 6) is -0.257.